The van der Waals surface area contributed by atoms with E-state index >= 15 is 0 Å². The van der Waals surface area contributed by atoms with Gasteiger partial charge in [-0.05, 0) is 30.3 Å². The molecule has 0 aliphatic heterocycles. The Morgan fingerprint density at radius 2 is 2.00 bits per heavy atom. The van der Waals surface area contributed by atoms with Crippen molar-refractivity contribution in [1.82, 2.24) is 10.2 Å². The Labute approximate surface area is 102 Å². The van der Waals surface area contributed by atoms with Gasteiger partial charge in [0.05, 0.1) is 11.8 Å². The molecule has 0 spiro atoms. The van der Waals surface area contributed by atoms with Gasteiger partial charge in [0.15, 0.2) is 5.84 Å². The van der Waals surface area contributed by atoms with Gasteiger partial charge in [0.1, 0.15) is 11.6 Å². The van der Waals surface area contributed by atoms with Gasteiger partial charge >= 0.3 is 0 Å². The van der Waals surface area contributed by atoms with Crippen LogP contribution in [0.4, 0.5) is 4.39 Å². The van der Waals surface area contributed by atoms with Gasteiger partial charge in [0, 0.05) is 0 Å². The summed E-state index contributed by atoms with van der Waals surface area (Å²) in [7, 11) is 0. The zero-order valence-corrected chi connectivity index (χ0v) is 9.12. The molecule has 3 N–H and O–H groups in total. The molecule has 6 nitrogen and oxygen atoms in total. The van der Waals surface area contributed by atoms with E-state index in [9.17, 15) is 4.39 Å². The first-order valence-corrected chi connectivity index (χ1v) is 4.93. The number of nitrogens with two attached hydrogens (primary N) is 1. The van der Waals surface area contributed by atoms with E-state index < -0.39 is 0 Å². The van der Waals surface area contributed by atoms with Gasteiger partial charge in [-0.3, -0.25) is 0 Å². The van der Waals surface area contributed by atoms with Gasteiger partial charge in [-0.25, -0.2) is 4.39 Å². The summed E-state index contributed by atoms with van der Waals surface area (Å²) in [6.45, 7) is 0. The van der Waals surface area contributed by atoms with Gasteiger partial charge in [0.2, 0.25) is 5.88 Å². The molecule has 0 fully saturated rings. The third-order valence-corrected chi connectivity index (χ3v) is 2.10. The maximum atomic E-state index is 12.7. The predicted molar refractivity (Wildman–Crippen MR) is 61.0 cm³/mol. The monoisotopic (exact) mass is 248 g/mol. The average molecular weight is 248 g/mol. The molecule has 0 atom stereocenters. The van der Waals surface area contributed by atoms with Crippen molar-refractivity contribution < 1.29 is 14.3 Å². The van der Waals surface area contributed by atoms with Crippen LogP contribution in [0.3, 0.4) is 0 Å². The highest BCUT2D eigenvalue weighted by Gasteiger charge is 2.11. The van der Waals surface area contributed by atoms with Crippen LogP contribution >= 0.6 is 0 Å². The van der Waals surface area contributed by atoms with Crippen LogP contribution in [0.2, 0.25) is 0 Å². The molecule has 0 amide bonds. The van der Waals surface area contributed by atoms with Crippen LogP contribution in [0.5, 0.6) is 11.6 Å². The van der Waals surface area contributed by atoms with Crippen molar-refractivity contribution in [1.29, 1.82) is 0 Å². The van der Waals surface area contributed by atoms with Crippen molar-refractivity contribution in [2.75, 3.05) is 0 Å². The Kier molecular flexibility index (Phi) is 3.33. The molecule has 1 heterocycles. The molecule has 1 aromatic carbocycles. The molecular formula is C11H9FN4O2. The highest BCUT2D eigenvalue weighted by molar-refractivity contribution is 5.98. The van der Waals surface area contributed by atoms with E-state index in [4.69, 9.17) is 15.7 Å². The quantitative estimate of drug-likeness (QED) is 0.371. The lowest BCUT2D eigenvalue weighted by atomic mass is 10.3. The standard InChI is InChI=1S/C11H9FN4O2/c12-7-1-3-8(4-2-7)18-11-9(10(13)16-17)5-6-14-15-11/h1-6,17H,(H2,13,16). The Morgan fingerprint density at radius 1 is 1.28 bits per heavy atom. The summed E-state index contributed by atoms with van der Waals surface area (Å²) >= 11 is 0. The van der Waals surface area contributed by atoms with Crippen molar-refractivity contribution >= 4 is 5.84 Å². The molecule has 18 heavy (non-hydrogen) atoms. The topological polar surface area (TPSA) is 93.6 Å². The summed E-state index contributed by atoms with van der Waals surface area (Å²) in [6.07, 6.45) is 1.38. The molecule has 1 aromatic heterocycles. The summed E-state index contributed by atoms with van der Waals surface area (Å²) in [6, 6.07) is 6.84. The van der Waals surface area contributed by atoms with Crippen LogP contribution in [-0.2, 0) is 0 Å². The number of hydrogen-bond acceptors (Lipinski definition) is 5. The summed E-state index contributed by atoms with van der Waals surface area (Å²) in [5, 5.41) is 18.8. The molecule has 0 aliphatic carbocycles. The first-order valence-electron chi connectivity index (χ1n) is 4.93. The number of amidine groups is 1. The van der Waals surface area contributed by atoms with E-state index in [1.165, 1.54) is 36.5 Å². The zero-order chi connectivity index (χ0) is 13.0. The maximum Gasteiger partial charge on any atom is 0.250 e. The summed E-state index contributed by atoms with van der Waals surface area (Å²) < 4.78 is 18.1. The van der Waals surface area contributed by atoms with Crippen molar-refractivity contribution in [3.63, 3.8) is 0 Å². The number of nitrogens with zero attached hydrogens (tertiary/aromatic N) is 3. The summed E-state index contributed by atoms with van der Waals surface area (Å²) in [4.78, 5) is 0. The van der Waals surface area contributed by atoms with Crippen LogP contribution in [0, 0.1) is 5.82 Å². The molecule has 0 radical (unpaired) electrons. The van der Waals surface area contributed by atoms with Crippen molar-refractivity contribution in [3.8, 4) is 11.6 Å². The van der Waals surface area contributed by atoms with Crippen LogP contribution in [-0.4, -0.2) is 21.2 Å². The average Bonchev–Trinajstić information content (AvgIpc) is 2.41. The lowest BCUT2D eigenvalue weighted by molar-refractivity contribution is 0.318. The molecule has 0 saturated heterocycles. The Morgan fingerprint density at radius 3 is 2.67 bits per heavy atom. The fourth-order valence-corrected chi connectivity index (χ4v) is 1.26. The fraction of sp³-hybridized carbons (Fsp3) is 0. The first-order chi connectivity index (χ1) is 8.70. The molecule has 0 bridgehead atoms. The summed E-state index contributed by atoms with van der Waals surface area (Å²) in [5.74, 6) is -0.0940. The lowest BCUT2D eigenvalue weighted by Crippen LogP contribution is -2.15. The summed E-state index contributed by atoms with van der Waals surface area (Å²) in [5.41, 5.74) is 5.75. The van der Waals surface area contributed by atoms with Gasteiger partial charge in [-0.1, -0.05) is 5.16 Å². The Hall–Kier alpha value is -2.70. The Bertz CT molecular complexity index is 572. The number of benzene rings is 1. The molecule has 92 valence electrons. The lowest BCUT2D eigenvalue weighted by Gasteiger charge is -2.07. The number of hydrogen-bond donors (Lipinski definition) is 2. The third kappa shape index (κ3) is 2.51. The van der Waals surface area contributed by atoms with Crippen LogP contribution in [0.15, 0.2) is 41.7 Å². The van der Waals surface area contributed by atoms with E-state index in [-0.39, 0.29) is 23.1 Å². The van der Waals surface area contributed by atoms with Gasteiger partial charge in [0.25, 0.3) is 0 Å². The second-order valence-corrected chi connectivity index (χ2v) is 3.29. The minimum atomic E-state index is -0.377. The normalized spacial score (nSPS) is 11.3. The number of ether oxygens (including phenoxy) is 1. The fourth-order valence-electron chi connectivity index (χ4n) is 1.26. The van der Waals surface area contributed by atoms with Crippen molar-refractivity contribution in [2.24, 2.45) is 10.9 Å². The van der Waals surface area contributed by atoms with E-state index in [1.54, 1.807) is 0 Å². The van der Waals surface area contributed by atoms with E-state index in [2.05, 4.69) is 15.4 Å². The van der Waals surface area contributed by atoms with Gasteiger partial charge in [-0.15, -0.1) is 5.10 Å². The second kappa shape index (κ2) is 5.09. The van der Waals surface area contributed by atoms with E-state index in [1.807, 2.05) is 0 Å². The largest absolute Gasteiger partial charge is 0.437 e. The van der Waals surface area contributed by atoms with Crippen LogP contribution in [0.1, 0.15) is 5.56 Å². The first kappa shape index (κ1) is 11.8. The van der Waals surface area contributed by atoms with E-state index in [0.717, 1.165) is 0 Å². The highest BCUT2D eigenvalue weighted by atomic mass is 19.1. The Balaban J connectivity index is 2.32. The molecule has 7 heteroatoms. The molecule has 2 rings (SSSR count). The number of halogens is 1. The van der Waals surface area contributed by atoms with Gasteiger partial charge < -0.3 is 15.7 Å². The number of oxime groups is 1. The molecule has 0 aliphatic rings. The number of aromatic nitrogens is 2. The number of rotatable bonds is 3. The van der Waals surface area contributed by atoms with Crippen LogP contribution < -0.4 is 10.5 Å². The second-order valence-electron chi connectivity index (χ2n) is 3.29. The molecule has 0 saturated carbocycles. The molecule has 0 unspecified atom stereocenters. The van der Waals surface area contributed by atoms with Crippen molar-refractivity contribution in [2.45, 2.75) is 0 Å². The van der Waals surface area contributed by atoms with Crippen LogP contribution in [0.25, 0.3) is 0 Å². The predicted octanol–water partition coefficient (Wildman–Crippen LogP) is 1.50. The minimum Gasteiger partial charge on any atom is -0.437 e. The van der Waals surface area contributed by atoms with Crippen molar-refractivity contribution in [3.05, 3.63) is 47.9 Å². The smallest absolute Gasteiger partial charge is 0.250 e. The SMILES string of the molecule is N/C(=N/O)c1ccnnc1Oc1ccc(F)cc1. The minimum absolute atomic E-state index is 0.0689. The maximum absolute atomic E-state index is 12.7. The van der Waals surface area contributed by atoms with Gasteiger partial charge in [-0.2, -0.15) is 5.10 Å². The molecular weight excluding hydrogens is 239 g/mol. The zero-order valence-electron chi connectivity index (χ0n) is 9.12. The van der Waals surface area contributed by atoms with E-state index in [0.29, 0.717) is 5.75 Å². The molecule has 2 aromatic rings. The third-order valence-electron chi connectivity index (χ3n) is 2.10. The highest BCUT2D eigenvalue weighted by Crippen LogP contribution is 2.22.